The Morgan fingerprint density at radius 1 is 1.35 bits per heavy atom. The molecule has 2 heterocycles. The highest BCUT2D eigenvalue weighted by Gasteiger charge is 2.20. The molecular weight excluding hydrogens is 312 g/mol. The van der Waals surface area contributed by atoms with E-state index in [1.807, 2.05) is 24.4 Å². The number of nitrogens with zero attached hydrogens (tertiary/aromatic N) is 1. The Bertz CT molecular complexity index is 703. The molecule has 1 atom stereocenters. The lowest BCUT2D eigenvalue weighted by Gasteiger charge is -2.22. The Hall–Kier alpha value is -1.78. The van der Waals surface area contributed by atoms with Gasteiger partial charge in [0.25, 0.3) is 0 Å². The quantitative estimate of drug-likeness (QED) is 0.897. The van der Waals surface area contributed by atoms with Crippen LogP contribution in [0.3, 0.4) is 0 Å². The maximum absolute atomic E-state index is 6.38. The van der Waals surface area contributed by atoms with Gasteiger partial charge >= 0.3 is 0 Å². The van der Waals surface area contributed by atoms with Gasteiger partial charge in [0.05, 0.1) is 5.02 Å². The summed E-state index contributed by atoms with van der Waals surface area (Å²) in [7, 11) is 0. The molecule has 3 rings (SSSR count). The summed E-state index contributed by atoms with van der Waals surface area (Å²) >= 11 is 6.38. The lowest BCUT2D eigenvalue weighted by atomic mass is 9.99. The molecule has 4 nitrogen and oxygen atoms in total. The second-order valence-corrected chi connectivity index (χ2v) is 6.71. The minimum atomic E-state index is -0.00480. The molecule has 0 fully saturated rings. The maximum atomic E-state index is 6.38. The third-order valence-corrected chi connectivity index (χ3v) is 4.13. The van der Waals surface area contributed by atoms with Crippen molar-refractivity contribution in [2.75, 3.05) is 6.61 Å². The molecule has 0 aliphatic carbocycles. The Balaban J connectivity index is 1.81. The molecular formula is C18H21ClN2O2. The molecule has 23 heavy (non-hydrogen) atoms. The van der Waals surface area contributed by atoms with Gasteiger partial charge in [-0.1, -0.05) is 25.4 Å². The number of fused-ring (bicyclic) bond motifs is 3. The van der Waals surface area contributed by atoms with Crippen molar-refractivity contribution >= 4 is 11.6 Å². The van der Waals surface area contributed by atoms with E-state index in [9.17, 15) is 0 Å². The summed E-state index contributed by atoms with van der Waals surface area (Å²) in [5.41, 5.74) is 9.20. The normalized spacial score (nSPS) is 14.0. The lowest BCUT2D eigenvalue weighted by Crippen LogP contribution is -2.29. The van der Waals surface area contributed by atoms with E-state index in [1.165, 1.54) is 0 Å². The molecule has 0 amide bonds. The zero-order valence-corrected chi connectivity index (χ0v) is 14.1. The van der Waals surface area contributed by atoms with E-state index in [0.29, 0.717) is 29.9 Å². The fourth-order valence-electron chi connectivity index (χ4n) is 2.81. The minimum absolute atomic E-state index is 0.00480. The molecule has 2 aromatic rings. The summed E-state index contributed by atoms with van der Waals surface area (Å²) in [6.45, 7) is 5.24. The van der Waals surface area contributed by atoms with Crippen LogP contribution < -0.4 is 15.2 Å². The number of ether oxygens (including phenoxy) is 2. The molecule has 1 aliphatic heterocycles. The van der Waals surface area contributed by atoms with E-state index < -0.39 is 0 Å². The van der Waals surface area contributed by atoms with Gasteiger partial charge in [0.15, 0.2) is 0 Å². The van der Waals surface area contributed by atoms with Crippen LogP contribution in [0.15, 0.2) is 30.6 Å². The van der Waals surface area contributed by atoms with Gasteiger partial charge in [-0.15, -0.1) is 0 Å². The molecule has 0 spiro atoms. The second kappa shape index (κ2) is 6.77. The molecule has 0 bridgehead atoms. The van der Waals surface area contributed by atoms with Crippen LogP contribution in [-0.4, -0.2) is 17.6 Å². The van der Waals surface area contributed by atoms with Crippen molar-refractivity contribution in [2.24, 2.45) is 11.7 Å². The Labute approximate surface area is 141 Å². The molecule has 1 unspecified atom stereocenters. The average molecular weight is 333 g/mol. The Morgan fingerprint density at radius 2 is 2.17 bits per heavy atom. The topological polar surface area (TPSA) is 57.4 Å². The van der Waals surface area contributed by atoms with Gasteiger partial charge in [-0.25, -0.2) is 0 Å². The Morgan fingerprint density at radius 3 is 2.96 bits per heavy atom. The van der Waals surface area contributed by atoms with Crippen molar-refractivity contribution in [3.63, 3.8) is 0 Å². The average Bonchev–Trinajstić information content (AvgIpc) is 2.52. The summed E-state index contributed by atoms with van der Waals surface area (Å²) in [6.07, 6.45) is 4.51. The molecule has 1 aromatic heterocycles. The molecule has 0 saturated heterocycles. The van der Waals surface area contributed by atoms with Crippen molar-refractivity contribution in [1.82, 2.24) is 4.98 Å². The highest BCUT2D eigenvalue weighted by atomic mass is 35.5. The number of halogens is 1. The number of rotatable bonds is 5. The van der Waals surface area contributed by atoms with Crippen molar-refractivity contribution in [3.8, 4) is 22.6 Å². The standard InChI is InChI=1S/C18H21ClN2O2/c1-11(2)5-13(20)10-23-18-7-17-15(6-16(18)19)14-3-4-21-8-12(14)9-22-17/h3-4,6-8,11,13H,5,9-10,20H2,1-2H3. The number of aromatic nitrogens is 1. The third-order valence-electron chi connectivity index (χ3n) is 3.84. The number of nitrogens with two attached hydrogens (primary N) is 1. The van der Waals surface area contributed by atoms with Gasteiger partial charge in [0.2, 0.25) is 0 Å². The van der Waals surface area contributed by atoms with Crippen LogP contribution in [-0.2, 0) is 6.61 Å². The van der Waals surface area contributed by atoms with E-state index in [0.717, 1.165) is 28.9 Å². The lowest BCUT2D eigenvalue weighted by molar-refractivity contribution is 0.266. The van der Waals surface area contributed by atoms with Crippen LogP contribution in [0, 0.1) is 5.92 Å². The van der Waals surface area contributed by atoms with Crippen LogP contribution in [0.1, 0.15) is 25.8 Å². The first-order chi connectivity index (χ1) is 11.0. The first kappa shape index (κ1) is 16.1. The first-order valence-corrected chi connectivity index (χ1v) is 8.20. The van der Waals surface area contributed by atoms with Gasteiger partial charge < -0.3 is 15.2 Å². The van der Waals surface area contributed by atoms with Gasteiger partial charge in [-0.05, 0) is 30.0 Å². The van der Waals surface area contributed by atoms with Crippen LogP contribution in [0.5, 0.6) is 11.5 Å². The largest absolute Gasteiger partial charge is 0.490 e. The predicted octanol–water partition coefficient (Wildman–Crippen LogP) is 4.05. The number of hydrogen-bond acceptors (Lipinski definition) is 4. The van der Waals surface area contributed by atoms with E-state index >= 15 is 0 Å². The fraction of sp³-hybridized carbons (Fsp3) is 0.389. The smallest absolute Gasteiger partial charge is 0.141 e. The van der Waals surface area contributed by atoms with Gasteiger partial charge in [0, 0.05) is 35.6 Å². The molecule has 5 heteroatoms. The van der Waals surface area contributed by atoms with E-state index in [4.69, 9.17) is 26.8 Å². The number of hydrogen-bond donors (Lipinski definition) is 1. The van der Waals surface area contributed by atoms with Gasteiger partial charge in [0.1, 0.15) is 24.7 Å². The van der Waals surface area contributed by atoms with Gasteiger partial charge in [-0.3, -0.25) is 4.98 Å². The van der Waals surface area contributed by atoms with Crippen molar-refractivity contribution in [2.45, 2.75) is 32.9 Å². The summed E-state index contributed by atoms with van der Waals surface area (Å²) < 4.78 is 11.6. The van der Waals surface area contributed by atoms with Crippen LogP contribution in [0.4, 0.5) is 0 Å². The third kappa shape index (κ3) is 3.59. The van der Waals surface area contributed by atoms with E-state index in [1.54, 1.807) is 6.20 Å². The molecule has 1 aromatic carbocycles. The number of benzene rings is 1. The van der Waals surface area contributed by atoms with Crippen LogP contribution in [0.2, 0.25) is 5.02 Å². The zero-order valence-electron chi connectivity index (χ0n) is 13.4. The zero-order chi connectivity index (χ0) is 16.4. The highest BCUT2D eigenvalue weighted by Crippen LogP contribution is 2.42. The predicted molar refractivity (Wildman–Crippen MR) is 91.9 cm³/mol. The van der Waals surface area contributed by atoms with E-state index in [2.05, 4.69) is 18.8 Å². The van der Waals surface area contributed by atoms with E-state index in [-0.39, 0.29) is 6.04 Å². The second-order valence-electron chi connectivity index (χ2n) is 6.30. The van der Waals surface area contributed by atoms with Crippen molar-refractivity contribution in [3.05, 3.63) is 41.2 Å². The molecule has 122 valence electrons. The molecule has 0 saturated carbocycles. The van der Waals surface area contributed by atoms with Crippen molar-refractivity contribution < 1.29 is 9.47 Å². The first-order valence-electron chi connectivity index (χ1n) is 7.82. The summed E-state index contributed by atoms with van der Waals surface area (Å²) in [6, 6.07) is 5.71. The number of pyridine rings is 1. The molecule has 1 aliphatic rings. The maximum Gasteiger partial charge on any atom is 0.141 e. The molecule has 2 N–H and O–H groups in total. The summed E-state index contributed by atoms with van der Waals surface area (Å²) in [4.78, 5) is 4.13. The monoisotopic (exact) mass is 332 g/mol. The Kier molecular flexibility index (Phi) is 4.74. The fourth-order valence-corrected chi connectivity index (χ4v) is 3.02. The summed E-state index contributed by atoms with van der Waals surface area (Å²) in [5.74, 6) is 1.93. The summed E-state index contributed by atoms with van der Waals surface area (Å²) in [5, 5.41) is 0.564. The van der Waals surface area contributed by atoms with Crippen LogP contribution >= 0.6 is 11.6 Å². The van der Waals surface area contributed by atoms with Gasteiger partial charge in [-0.2, -0.15) is 0 Å². The highest BCUT2D eigenvalue weighted by molar-refractivity contribution is 6.32. The SMILES string of the molecule is CC(C)CC(N)COc1cc2c(cc1Cl)-c1ccncc1CO2. The van der Waals surface area contributed by atoms with Crippen molar-refractivity contribution in [1.29, 1.82) is 0 Å². The molecule has 0 radical (unpaired) electrons. The minimum Gasteiger partial charge on any atom is -0.490 e. The van der Waals surface area contributed by atoms with Crippen LogP contribution in [0.25, 0.3) is 11.1 Å².